The molecule has 0 bridgehead atoms. The van der Waals surface area contributed by atoms with Gasteiger partial charge >= 0.3 is 6.09 Å². The van der Waals surface area contributed by atoms with E-state index in [2.05, 4.69) is 5.32 Å². The molecule has 2 aromatic rings. The molecular formula is C19H20FNO2. The lowest BCUT2D eigenvalue weighted by molar-refractivity contribution is 0.140. The van der Waals surface area contributed by atoms with E-state index >= 15 is 0 Å². The van der Waals surface area contributed by atoms with Gasteiger partial charge in [0.2, 0.25) is 0 Å². The number of alkyl carbamates (subject to hydrolysis) is 1. The Morgan fingerprint density at radius 1 is 1.22 bits per heavy atom. The van der Waals surface area contributed by atoms with Crippen molar-refractivity contribution in [2.45, 2.75) is 20.0 Å². The van der Waals surface area contributed by atoms with Crippen LogP contribution in [0.5, 0.6) is 0 Å². The Morgan fingerprint density at radius 3 is 2.74 bits per heavy atom. The van der Waals surface area contributed by atoms with Gasteiger partial charge in [0.1, 0.15) is 12.4 Å². The van der Waals surface area contributed by atoms with Crippen molar-refractivity contribution in [2.24, 2.45) is 0 Å². The van der Waals surface area contributed by atoms with Crippen LogP contribution in [0.1, 0.15) is 23.1 Å². The van der Waals surface area contributed by atoms with Gasteiger partial charge in [0.25, 0.3) is 0 Å². The predicted octanol–water partition coefficient (Wildman–Crippen LogP) is 4.46. The first-order valence-electron chi connectivity index (χ1n) is 7.52. The summed E-state index contributed by atoms with van der Waals surface area (Å²) in [6.45, 7) is 2.54. The highest BCUT2D eigenvalue weighted by Gasteiger charge is 2.01. The van der Waals surface area contributed by atoms with E-state index in [-0.39, 0.29) is 12.4 Å². The first-order valence-corrected chi connectivity index (χ1v) is 7.52. The minimum Gasteiger partial charge on any atom is -0.445 e. The number of aryl methyl sites for hydroxylation is 1. The quantitative estimate of drug-likeness (QED) is 0.799. The van der Waals surface area contributed by atoms with E-state index in [1.807, 2.05) is 49.4 Å². The number of rotatable bonds is 6. The zero-order chi connectivity index (χ0) is 16.5. The van der Waals surface area contributed by atoms with Crippen molar-refractivity contribution in [3.05, 3.63) is 77.1 Å². The van der Waals surface area contributed by atoms with Gasteiger partial charge in [-0.25, -0.2) is 9.18 Å². The summed E-state index contributed by atoms with van der Waals surface area (Å²) in [6, 6.07) is 14.6. The standard InChI is InChI=1S/C19H20FNO2/c1-15-10-11-17(18(20)13-15)9-5-6-12-21-19(22)23-14-16-7-3-2-4-8-16/h2-5,7-11,13H,6,12,14H2,1H3,(H,21,22). The van der Waals surface area contributed by atoms with Crippen molar-refractivity contribution in [1.82, 2.24) is 5.32 Å². The Labute approximate surface area is 135 Å². The Morgan fingerprint density at radius 2 is 2.00 bits per heavy atom. The number of amides is 1. The number of hydrogen-bond acceptors (Lipinski definition) is 2. The second-order valence-electron chi connectivity index (χ2n) is 5.20. The van der Waals surface area contributed by atoms with Gasteiger partial charge in [0.05, 0.1) is 0 Å². The summed E-state index contributed by atoms with van der Waals surface area (Å²) < 4.78 is 18.7. The van der Waals surface area contributed by atoms with Crippen LogP contribution in [0, 0.1) is 12.7 Å². The number of nitrogens with one attached hydrogen (secondary N) is 1. The average Bonchev–Trinajstić information content (AvgIpc) is 2.55. The molecule has 0 aliphatic carbocycles. The van der Waals surface area contributed by atoms with E-state index in [0.717, 1.165) is 11.1 Å². The molecule has 1 amide bonds. The molecule has 0 aliphatic heterocycles. The molecule has 2 aromatic carbocycles. The Hall–Kier alpha value is -2.62. The second kappa shape index (κ2) is 8.73. The number of carbonyl (C=O) groups excluding carboxylic acids is 1. The maximum atomic E-state index is 13.6. The summed E-state index contributed by atoms with van der Waals surface area (Å²) in [6.07, 6.45) is 3.69. The Kier molecular flexibility index (Phi) is 6.36. The summed E-state index contributed by atoms with van der Waals surface area (Å²) >= 11 is 0. The van der Waals surface area contributed by atoms with Gasteiger partial charge in [0.15, 0.2) is 0 Å². The number of hydrogen-bond donors (Lipinski definition) is 1. The fourth-order valence-corrected chi connectivity index (χ4v) is 2.01. The lowest BCUT2D eigenvalue weighted by atomic mass is 10.1. The van der Waals surface area contributed by atoms with E-state index in [1.165, 1.54) is 6.07 Å². The first kappa shape index (κ1) is 16.7. The molecular weight excluding hydrogens is 293 g/mol. The molecule has 0 unspecified atom stereocenters. The molecule has 0 aliphatic rings. The molecule has 0 saturated heterocycles. The van der Waals surface area contributed by atoms with Gasteiger partial charge in [-0.2, -0.15) is 0 Å². The highest BCUT2D eigenvalue weighted by molar-refractivity contribution is 5.67. The maximum Gasteiger partial charge on any atom is 0.407 e. The lowest BCUT2D eigenvalue weighted by Gasteiger charge is -2.06. The third kappa shape index (κ3) is 5.94. The molecule has 2 rings (SSSR count). The third-order valence-corrected chi connectivity index (χ3v) is 3.25. The van der Waals surface area contributed by atoms with Gasteiger partial charge in [-0.05, 0) is 30.5 Å². The van der Waals surface area contributed by atoms with E-state index < -0.39 is 6.09 Å². The van der Waals surface area contributed by atoms with Crippen LogP contribution in [0.3, 0.4) is 0 Å². The van der Waals surface area contributed by atoms with Crippen molar-refractivity contribution in [2.75, 3.05) is 6.54 Å². The zero-order valence-corrected chi connectivity index (χ0v) is 13.1. The molecule has 4 heteroatoms. The van der Waals surface area contributed by atoms with Gasteiger partial charge in [-0.1, -0.05) is 54.6 Å². The first-order chi connectivity index (χ1) is 11.1. The van der Waals surface area contributed by atoms with E-state index in [9.17, 15) is 9.18 Å². The van der Waals surface area contributed by atoms with Crippen molar-refractivity contribution < 1.29 is 13.9 Å². The number of carbonyl (C=O) groups is 1. The smallest absolute Gasteiger partial charge is 0.407 e. The number of halogens is 1. The van der Waals surface area contributed by atoms with Crippen molar-refractivity contribution in [3.8, 4) is 0 Å². The average molecular weight is 313 g/mol. The molecule has 0 radical (unpaired) electrons. The van der Waals surface area contributed by atoms with Crippen LogP contribution in [0.4, 0.5) is 9.18 Å². The molecule has 0 atom stereocenters. The minimum absolute atomic E-state index is 0.239. The van der Waals surface area contributed by atoms with Crippen LogP contribution in [-0.2, 0) is 11.3 Å². The molecule has 1 N–H and O–H groups in total. The monoisotopic (exact) mass is 313 g/mol. The molecule has 0 aromatic heterocycles. The van der Waals surface area contributed by atoms with Crippen LogP contribution in [0.25, 0.3) is 6.08 Å². The Bertz CT molecular complexity index is 668. The summed E-state index contributed by atoms with van der Waals surface area (Å²) in [4.78, 5) is 11.5. The van der Waals surface area contributed by atoms with E-state index in [4.69, 9.17) is 4.74 Å². The molecule has 120 valence electrons. The third-order valence-electron chi connectivity index (χ3n) is 3.25. The van der Waals surface area contributed by atoms with Crippen LogP contribution in [0.15, 0.2) is 54.6 Å². The highest BCUT2D eigenvalue weighted by Crippen LogP contribution is 2.11. The van der Waals surface area contributed by atoms with Crippen LogP contribution in [-0.4, -0.2) is 12.6 Å². The number of benzene rings is 2. The van der Waals surface area contributed by atoms with Crippen molar-refractivity contribution in [3.63, 3.8) is 0 Å². The van der Waals surface area contributed by atoms with Gasteiger partial charge < -0.3 is 10.1 Å². The topological polar surface area (TPSA) is 38.3 Å². The van der Waals surface area contributed by atoms with E-state index in [1.54, 1.807) is 12.1 Å². The lowest BCUT2D eigenvalue weighted by Crippen LogP contribution is -2.24. The minimum atomic E-state index is -0.455. The fraction of sp³-hybridized carbons (Fsp3) is 0.211. The largest absolute Gasteiger partial charge is 0.445 e. The summed E-state index contributed by atoms with van der Waals surface area (Å²) in [5, 5.41) is 2.66. The van der Waals surface area contributed by atoms with Gasteiger partial charge in [-0.3, -0.25) is 0 Å². The fourth-order valence-electron chi connectivity index (χ4n) is 2.01. The summed E-state index contributed by atoms with van der Waals surface area (Å²) in [7, 11) is 0. The van der Waals surface area contributed by atoms with E-state index in [0.29, 0.717) is 18.5 Å². The second-order valence-corrected chi connectivity index (χ2v) is 5.20. The molecule has 0 fully saturated rings. The van der Waals surface area contributed by atoms with Crippen LogP contribution >= 0.6 is 0 Å². The molecule has 0 spiro atoms. The molecule has 3 nitrogen and oxygen atoms in total. The zero-order valence-electron chi connectivity index (χ0n) is 13.1. The van der Waals surface area contributed by atoms with Crippen molar-refractivity contribution in [1.29, 1.82) is 0 Å². The normalized spacial score (nSPS) is 10.7. The predicted molar refractivity (Wildman–Crippen MR) is 89.4 cm³/mol. The summed E-state index contributed by atoms with van der Waals surface area (Å²) in [5.41, 5.74) is 2.38. The Balaban J connectivity index is 1.66. The van der Waals surface area contributed by atoms with Crippen LogP contribution < -0.4 is 5.32 Å². The van der Waals surface area contributed by atoms with Gasteiger partial charge in [-0.15, -0.1) is 0 Å². The van der Waals surface area contributed by atoms with Crippen LogP contribution in [0.2, 0.25) is 0 Å². The highest BCUT2D eigenvalue weighted by atomic mass is 19.1. The maximum absolute atomic E-state index is 13.6. The van der Waals surface area contributed by atoms with Crippen molar-refractivity contribution >= 4 is 12.2 Å². The van der Waals surface area contributed by atoms with Gasteiger partial charge in [0, 0.05) is 12.1 Å². The SMILES string of the molecule is Cc1ccc(C=CCCNC(=O)OCc2ccccc2)c(F)c1. The number of ether oxygens (including phenoxy) is 1. The molecule has 23 heavy (non-hydrogen) atoms. The molecule has 0 heterocycles. The molecule has 0 saturated carbocycles. The summed E-state index contributed by atoms with van der Waals surface area (Å²) in [5.74, 6) is -0.239.